The second-order valence-electron chi connectivity index (χ2n) is 6.47. The van der Waals surface area contributed by atoms with Crippen molar-refractivity contribution in [1.82, 2.24) is 20.0 Å². The zero-order valence-corrected chi connectivity index (χ0v) is 14.1. The zero-order valence-electron chi connectivity index (χ0n) is 14.1. The molecule has 0 saturated carbocycles. The first kappa shape index (κ1) is 16.2. The van der Waals surface area contributed by atoms with Crippen molar-refractivity contribution in [1.29, 1.82) is 0 Å². The molecule has 0 spiro atoms. The molecule has 124 valence electrons. The maximum Gasteiger partial charge on any atom is 0.0645 e. The van der Waals surface area contributed by atoms with Crippen molar-refractivity contribution < 1.29 is 0 Å². The molecule has 1 saturated heterocycles. The molecular weight excluding hydrogens is 284 g/mol. The van der Waals surface area contributed by atoms with E-state index in [1.54, 1.807) is 0 Å². The highest BCUT2D eigenvalue weighted by Gasteiger charge is 2.17. The van der Waals surface area contributed by atoms with Crippen LogP contribution < -0.4 is 5.32 Å². The molecule has 4 heteroatoms. The molecule has 1 aromatic carbocycles. The number of unbranched alkanes of at least 4 members (excludes halogenated alkanes) is 1. The molecule has 1 aliphatic heterocycles. The molecule has 2 aromatic rings. The lowest BCUT2D eigenvalue weighted by atomic mass is 10.0. The van der Waals surface area contributed by atoms with Crippen LogP contribution in [0, 0.1) is 0 Å². The Kier molecular flexibility index (Phi) is 5.83. The third-order valence-corrected chi connectivity index (χ3v) is 4.72. The molecule has 0 amide bonds. The third-order valence-electron chi connectivity index (χ3n) is 4.72. The fraction of sp³-hybridized carbons (Fsp3) is 0.526. The SMILES string of the molecule is CCCCN1CCC(NCc2ccc(-n3cccn3)cc2)CC1. The lowest BCUT2D eigenvalue weighted by Crippen LogP contribution is -2.42. The summed E-state index contributed by atoms with van der Waals surface area (Å²) in [5.41, 5.74) is 2.46. The van der Waals surface area contributed by atoms with Gasteiger partial charge in [0.15, 0.2) is 0 Å². The average Bonchev–Trinajstić information content (AvgIpc) is 3.14. The van der Waals surface area contributed by atoms with Crippen LogP contribution in [0.4, 0.5) is 0 Å². The van der Waals surface area contributed by atoms with Gasteiger partial charge in [-0.1, -0.05) is 25.5 Å². The summed E-state index contributed by atoms with van der Waals surface area (Å²) in [7, 11) is 0. The van der Waals surface area contributed by atoms with Crippen LogP contribution in [0.15, 0.2) is 42.7 Å². The predicted molar refractivity (Wildman–Crippen MR) is 94.8 cm³/mol. The summed E-state index contributed by atoms with van der Waals surface area (Å²) in [6, 6.07) is 11.3. The van der Waals surface area contributed by atoms with Gasteiger partial charge in [0.25, 0.3) is 0 Å². The van der Waals surface area contributed by atoms with Crippen LogP contribution in [0.1, 0.15) is 38.2 Å². The largest absolute Gasteiger partial charge is 0.310 e. The van der Waals surface area contributed by atoms with E-state index >= 15 is 0 Å². The van der Waals surface area contributed by atoms with E-state index in [0.29, 0.717) is 6.04 Å². The Morgan fingerprint density at radius 1 is 1.17 bits per heavy atom. The van der Waals surface area contributed by atoms with E-state index in [4.69, 9.17) is 0 Å². The quantitative estimate of drug-likeness (QED) is 0.852. The number of aromatic nitrogens is 2. The summed E-state index contributed by atoms with van der Waals surface area (Å²) < 4.78 is 1.89. The van der Waals surface area contributed by atoms with E-state index < -0.39 is 0 Å². The second kappa shape index (κ2) is 8.27. The molecule has 0 bridgehead atoms. The van der Waals surface area contributed by atoms with Crippen molar-refractivity contribution >= 4 is 0 Å². The lowest BCUT2D eigenvalue weighted by molar-refractivity contribution is 0.195. The van der Waals surface area contributed by atoms with Gasteiger partial charge in [0.05, 0.1) is 5.69 Å². The highest BCUT2D eigenvalue weighted by Crippen LogP contribution is 2.13. The van der Waals surface area contributed by atoms with Crippen molar-refractivity contribution in [3.05, 3.63) is 48.3 Å². The van der Waals surface area contributed by atoms with E-state index in [0.717, 1.165) is 12.2 Å². The summed E-state index contributed by atoms with van der Waals surface area (Å²) in [6.45, 7) is 6.99. The predicted octanol–water partition coefficient (Wildman–Crippen LogP) is 3.23. The first-order chi connectivity index (χ1) is 11.3. The number of nitrogens with one attached hydrogen (secondary N) is 1. The van der Waals surface area contributed by atoms with Crippen molar-refractivity contribution in [3.63, 3.8) is 0 Å². The topological polar surface area (TPSA) is 33.1 Å². The number of likely N-dealkylation sites (tertiary alicyclic amines) is 1. The first-order valence-corrected chi connectivity index (χ1v) is 8.90. The van der Waals surface area contributed by atoms with Crippen LogP contribution in [0.3, 0.4) is 0 Å². The van der Waals surface area contributed by atoms with Gasteiger partial charge >= 0.3 is 0 Å². The van der Waals surface area contributed by atoms with Gasteiger partial charge in [-0.3, -0.25) is 0 Å². The molecule has 0 atom stereocenters. The van der Waals surface area contributed by atoms with Gasteiger partial charge in [0.1, 0.15) is 0 Å². The van der Waals surface area contributed by atoms with Gasteiger partial charge in [0.2, 0.25) is 0 Å². The van der Waals surface area contributed by atoms with E-state index in [1.807, 2.05) is 23.1 Å². The summed E-state index contributed by atoms with van der Waals surface area (Å²) >= 11 is 0. The Labute approximate surface area is 139 Å². The molecule has 0 unspecified atom stereocenters. The number of benzene rings is 1. The Hall–Kier alpha value is -1.65. The van der Waals surface area contributed by atoms with Crippen molar-refractivity contribution in [2.45, 2.75) is 45.2 Å². The fourth-order valence-electron chi connectivity index (χ4n) is 3.19. The molecular formula is C19H28N4. The molecule has 3 rings (SSSR count). The van der Waals surface area contributed by atoms with Crippen LogP contribution >= 0.6 is 0 Å². The van der Waals surface area contributed by atoms with Crippen LogP contribution in [0.5, 0.6) is 0 Å². The number of rotatable bonds is 7. The summed E-state index contributed by atoms with van der Waals surface area (Å²) in [5.74, 6) is 0. The summed E-state index contributed by atoms with van der Waals surface area (Å²) in [6.07, 6.45) is 8.96. The van der Waals surface area contributed by atoms with Crippen LogP contribution in [0.25, 0.3) is 5.69 Å². The van der Waals surface area contributed by atoms with Gasteiger partial charge in [-0.15, -0.1) is 0 Å². The standard InChI is InChI=1S/C19H28N4/c1-2-3-12-22-14-9-18(10-15-22)20-16-17-5-7-19(8-6-17)23-13-4-11-21-23/h4-8,11,13,18,20H,2-3,9-10,12,14-16H2,1H3. The Bertz CT molecular complexity index is 554. The molecule has 0 radical (unpaired) electrons. The monoisotopic (exact) mass is 312 g/mol. The maximum atomic E-state index is 4.26. The maximum absolute atomic E-state index is 4.26. The van der Waals surface area contributed by atoms with E-state index in [9.17, 15) is 0 Å². The van der Waals surface area contributed by atoms with E-state index in [2.05, 4.69) is 46.5 Å². The third kappa shape index (κ3) is 4.66. The van der Waals surface area contributed by atoms with Crippen LogP contribution in [0.2, 0.25) is 0 Å². The smallest absolute Gasteiger partial charge is 0.0645 e. The first-order valence-electron chi connectivity index (χ1n) is 8.90. The minimum Gasteiger partial charge on any atom is -0.310 e. The number of hydrogen-bond donors (Lipinski definition) is 1. The Morgan fingerprint density at radius 3 is 2.61 bits per heavy atom. The summed E-state index contributed by atoms with van der Waals surface area (Å²) in [5, 5.41) is 7.98. The van der Waals surface area contributed by atoms with Gasteiger partial charge in [-0.2, -0.15) is 5.10 Å². The minimum atomic E-state index is 0.665. The highest BCUT2D eigenvalue weighted by molar-refractivity contribution is 5.33. The molecule has 4 nitrogen and oxygen atoms in total. The van der Waals surface area contributed by atoms with Crippen LogP contribution in [-0.2, 0) is 6.54 Å². The Morgan fingerprint density at radius 2 is 1.96 bits per heavy atom. The molecule has 0 aliphatic carbocycles. The van der Waals surface area contributed by atoms with Crippen molar-refractivity contribution in [3.8, 4) is 5.69 Å². The highest BCUT2D eigenvalue weighted by atomic mass is 15.3. The van der Waals surface area contributed by atoms with Gasteiger partial charge in [-0.05, 0) is 62.7 Å². The summed E-state index contributed by atoms with van der Waals surface area (Å²) in [4.78, 5) is 2.61. The number of nitrogens with zero attached hydrogens (tertiary/aromatic N) is 3. The van der Waals surface area contributed by atoms with Gasteiger partial charge in [0, 0.05) is 25.0 Å². The molecule has 23 heavy (non-hydrogen) atoms. The second-order valence-corrected chi connectivity index (χ2v) is 6.47. The van der Waals surface area contributed by atoms with E-state index in [1.165, 1.54) is 50.9 Å². The number of hydrogen-bond acceptors (Lipinski definition) is 3. The van der Waals surface area contributed by atoms with Gasteiger partial charge < -0.3 is 10.2 Å². The molecule has 1 aromatic heterocycles. The van der Waals surface area contributed by atoms with Crippen molar-refractivity contribution in [2.75, 3.05) is 19.6 Å². The Balaban J connectivity index is 1.42. The fourth-order valence-corrected chi connectivity index (χ4v) is 3.19. The normalized spacial score (nSPS) is 16.7. The lowest BCUT2D eigenvalue weighted by Gasteiger charge is -2.32. The van der Waals surface area contributed by atoms with Gasteiger partial charge in [-0.25, -0.2) is 4.68 Å². The van der Waals surface area contributed by atoms with Crippen LogP contribution in [-0.4, -0.2) is 40.4 Å². The minimum absolute atomic E-state index is 0.665. The zero-order chi connectivity index (χ0) is 15.9. The molecule has 2 heterocycles. The molecule has 1 fully saturated rings. The molecule has 1 aliphatic rings. The average molecular weight is 312 g/mol. The van der Waals surface area contributed by atoms with E-state index in [-0.39, 0.29) is 0 Å². The molecule has 1 N–H and O–H groups in total. The number of piperidine rings is 1. The van der Waals surface area contributed by atoms with Crippen molar-refractivity contribution in [2.24, 2.45) is 0 Å².